The zero-order valence-electron chi connectivity index (χ0n) is 21.9. The fourth-order valence-corrected chi connectivity index (χ4v) is 5.30. The average molecular weight is 549 g/mol. The molecular formula is C31H27F3N2O4. The smallest absolute Gasteiger partial charge is 0.416 e. The Morgan fingerprint density at radius 1 is 1.00 bits per heavy atom. The number of nitrogens with zero attached hydrogens (tertiary/aromatic N) is 1. The van der Waals surface area contributed by atoms with Gasteiger partial charge in [-0.05, 0) is 54.8 Å². The summed E-state index contributed by atoms with van der Waals surface area (Å²) in [6.07, 6.45) is -4.23. The highest BCUT2D eigenvalue weighted by Crippen LogP contribution is 2.42. The number of carbonyl (C=O) groups excluding carboxylic acids is 1. The van der Waals surface area contributed by atoms with Gasteiger partial charge in [0.2, 0.25) is 0 Å². The first kappa shape index (κ1) is 27.1. The maximum absolute atomic E-state index is 13.8. The second-order valence-corrected chi connectivity index (χ2v) is 9.56. The Morgan fingerprint density at radius 2 is 1.65 bits per heavy atom. The van der Waals surface area contributed by atoms with Crippen molar-refractivity contribution in [2.24, 2.45) is 7.05 Å². The Bertz CT molecular complexity index is 1770. The highest BCUT2D eigenvalue weighted by atomic mass is 19.4. The van der Waals surface area contributed by atoms with Crippen molar-refractivity contribution in [2.45, 2.75) is 31.9 Å². The predicted molar refractivity (Wildman–Crippen MR) is 146 cm³/mol. The molecule has 2 aromatic heterocycles. The van der Waals surface area contributed by atoms with Crippen LogP contribution in [0.3, 0.4) is 0 Å². The minimum absolute atomic E-state index is 0.0184. The van der Waals surface area contributed by atoms with Gasteiger partial charge in [0.25, 0.3) is 5.56 Å². The predicted octanol–water partition coefficient (Wildman–Crippen LogP) is 6.42. The fourth-order valence-electron chi connectivity index (χ4n) is 5.30. The van der Waals surface area contributed by atoms with E-state index < -0.39 is 29.2 Å². The summed E-state index contributed by atoms with van der Waals surface area (Å²) in [7, 11) is 1.59. The van der Waals surface area contributed by atoms with Crippen LogP contribution in [-0.2, 0) is 29.2 Å². The van der Waals surface area contributed by atoms with Crippen molar-refractivity contribution in [3.63, 3.8) is 0 Å². The van der Waals surface area contributed by atoms with Gasteiger partial charge in [0.05, 0.1) is 29.2 Å². The molecule has 5 rings (SSSR count). The van der Waals surface area contributed by atoms with E-state index in [0.717, 1.165) is 23.0 Å². The van der Waals surface area contributed by atoms with Gasteiger partial charge in [-0.1, -0.05) is 42.5 Å². The van der Waals surface area contributed by atoms with E-state index in [2.05, 4.69) is 4.98 Å². The van der Waals surface area contributed by atoms with Gasteiger partial charge in [-0.3, -0.25) is 9.59 Å². The lowest BCUT2D eigenvalue weighted by atomic mass is 9.84. The van der Waals surface area contributed by atoms with E-state index in [1.807, 2.05) is 24.3 Å². The number of rotatable bonds is 7. The van der Waals surface area contributed by atoms with Crippen LogP contribution in [0.15, 0.2) is 77.6 Å². The highest BCUT2D eigenvalue weighted by Gasteiger charge is 2.33. The molecule has 0 saturated heterocycles. The van der Waals surface area contributed by atoms with Gasteiger partial charge in [0, 0.05) is 35.5 Å². The Balaban J connectivity index is 1.80. The van der Waals surface area contributed by atoms with Gasteiger partial charge in [-0.2, -0.15) is 13.2 Å². The zero-order valence-corrected chi connectivity index (χ0v) is 21.9. The van der Waals surface area contributed by atoms with Crippen LogP contribution in [0.1, 0.15) is 47.2 Å². The van der Waals surface area contributed by atoms with Crippen molar-refractivity contribution in [2.75, 3.05) is 6.61 Å². The molecule has 0 aliphatic carbocycles. The lowest BCUT2D eigenvalue weighted by molar-refractivity contribution is -0.143. The number of H-pyrrole nitrogens is 1. The van der Waals surface area contributed by atoms with Gasteiger partial charge >= 0.3 is 12.1 Å². The Morgan fingerprint density at radius 3 is 2.33 bits per heavy atom. The molecule has 0 radical (unpaired) electrons. The van der Waals surface area contributed by atoms with Crippen LogP contribution >= 0.6 is 0 Å². The lowest BCUT2D eigenvalue weighted by Crippen LogP contribution is -2.25. The van der Waals surface area contributed by atoms with Gasteiger partial charge in [0.15, 0.2) is 0 Å². The summed E-state index contributed by atoms with van der Waals surface area (Å²) < 4.78 is 46.8. The third kappa shape index (κ3) is 4.83. The van der Waals surface area contributed by atoms with E-state index in [1.165, 1.54) is 16.7 Å². The number of aromatic amines is 1. The van der Waals surface area contributed by atoms with Gasteiger partial charge in [-0.25, -0.2) is 0 Å². The first-order valence-electron chi connectivity index (χ1n) is 12.8. The molecule has 3 aromatic carbocycles. The average Bonchev–Trinajstić information content (AvgIpc) is 3.30. The first-order valence-corrected chi connectivity index (χ1v) is 12.8. The molecule has 1 atom stereocenters. The molecule has 0 saturated carbocycles. The van der Waals surface area contributed by atoms with Crippen molar-refractivity contribution < 1.29 is 27.8 Å². The van der Waals surface area contributed by atoms with Crippen LogP contribution in [0.25, 0.3) is 21.8 Å². The number of fused-ring (bicyclic) bond motifs is 2. The van der Waals surface area contributed by atoms with E-state index in [0.29, 0.717) is 27.7 Å². The largest absolute Gasteiger partial charge is 0.507 e. The summed E-state index contributed by atoms with van der Waals surface area (Å²) in [4.78, 5) is 29.5. The first-order chi connectivity index (χ1) is 19.1. The molecule has 0 bridgehead atoms. The van der Waals surface area contributed by atoms with E-state index in [9.17, 15) is 27.9 Å². The number of benzene rings is 3. The molecule has 0 spiro atoms. The molecular weight excluding hydrogens is 521 g/mol. The number of ether oxygens (including phenoxy) is 1. The number of alkyl halides is 3. The summed E-state index contributed by atoms with van der Waals surface area (Å²) in [5, 5.41) is 12.7. The molecule has 0 fully saturated rings. The normalized spacial score (nSPS) is 12.6. The third-order valence-corrected chi connectivity index (χ3v) is 7.19. The molecule has 40 heavy (non-hydrogen) atoms. The molecule has 5 aromatic rings. The number of aryl methyl sites for hydroxylation is 2. The summed E-state index contributed by atoms with van der Waals surface area (Å²) in [5.74, 6) is -1.61. The second kappa shape index (κ2) is 10.6. The molecule has 2 heterocycles. The molecule has 9 heteroatoms. The van der Waals surface area contributed by atoms with Crippen LogP contribution in [0.4, 0.5) is 13.2 Å². The summed E-state index contributed by atoms with van der Waals surface area (Å²) in [5.41, 5.74) is 1.53. The topological polar surface area (TPSA) is 84.3 Å². The Kier molecular flexibility index (Phi) is 7.14. The van der Waals surface area contributed by atoms with Crippen molar-refractivity contribution in [1.29, 1.82) is 0 Å². The third-order valence-electron chi connectivity index (χ3n) is 7.19. The lowest BCUT2D eigenvalue weighted by Gasteiger charge is -2.22. The standard InChI is InChI=1S/C31H27F3N2O4/c1-3-40-25(37)17-16-21-20-8-4-6-10-23(20)35-28(21)26(18-12-14-19(15-13-18)31(32,33)34)27-29(38)22-9-5-7-11-24(22)36(2)30(27)39/h4-15,26,35,38H,3,16-17H2,1-2H3. The van der Waals surface area contributed by atoms with Crippen molar-refractivity contribution in [3.8, 4) is 5.75 Å². The minimum atomic E-state index is -4.54. The minimum Gasteiger partial charge on any atom is -0.507 e. The maximum Gasteiger partial charge on any atom is 0.416 e. The Hall–Kier alpha value is -4.53. The fraction of sp³-hybridized carbons (Fsp3) is 0.226. The van der Waals surface area contributed by atoms with Gasteiger partial charge in [0.1, 0.15) is 5.75 Å². The van der Waals surface area contributed by atoms with Crippen molar-refractivity contribution in [3.05, 3.63) is 111 Å². The molecule has 0 aliphatic heterocycles. The number of hydrogen-bond donors (Lipinski definition) is 2. The quantitative estimate of drug-likeness (QED) is 0.230. The van der Waals surface area contributed by atoms with Gasteiger partial charge < -0.3 is 19.4 Å². The number of hydrogen-bond acceptors (Lipinski definition) is 4. The molecule has 6 nitrogen and oxygen atoms in total. The van der Waals surface area contributed by atoms with Crippen LogP contribution in [0.5, 0.6) is 5.75 Å². The number of esters is 1. The van der Waals surface area contributed by atoms with E-state index in [-0.39, 0.29) is 30.8 Å². The van der Waals surface area contributed by atoms with E-state index in [4.69, 9.17) is 4.74 Å². The summed E-state index contributed by atoms with van der Waals surface area (Å²) in [6.45, 7) is 1.95. The van der Waals surface area contributed by atoms with Crippen LogP contribution < -0.4 is 5.56 Å². The number of carbonyl (C=O) groups is 1. The molecule has 206 valence electrons. The molecule has 2 N–H and O–H groups in total. The number of pyridine rings is 1. The SMILES string of the molecule is CCOC(=O)CCc1c(C(c2ccc(C(F)(F)F)cc2)c2c(O)c3ccccc3n(C)c2=O)[nH]c2ccccc12. The van der Waals surface area contributed by atoms with Gasteiger partial charge in [-0.15, -0.1) is 0 Å². The second-order valence-electron chi connectivity index (χ2n) is 9.56. The number of para-hydroxylation sites is 2. The highest BCUT2D eigenvalue weighted by molar-refractivity contribution is 5.89. The van der Waals surface area contributed by atoms with Crippen molar-refractivity contribution in [1.82, 2.24) is 9.55 Å². The summed E-state index contributed by atoms with van der Waals surface area (Å²) >= 11 is 0. The zero-order chi connectivity index (χ0) is 28.6. The monoisotopic (exact) mass is 548 g/mol. The molecule has 0 amide bonds. The molecule has 0 aliphatic rings. The van der Waals surface area contributed by atoms with E-state index in [1.54, 1.807) is 38.2 Å². The van der Waals surface area contributed by atoms with Crippen LogP contribution in [0, 0.1) is 0 Å². The van der Waals surface area contributed by atoms with Crippen LogP contribution in [-0.4, -0.2) is 27.2 Å². The maximum atomic E-state index is 13.8. The number of halogens is 3. The number of aromatic hydroxyl groups is 1. The Labute approximate surface area is 227 Å². The van der Waals surface area contributed by atoms with Crippen molar-refractivity contribution >= 4 is 27.8 Å². The summed E-state index contributed by atoms with van der Waals surface area (Å²) in [6, 6.07) is 18.8. The van der Waals surface area contributed by atoms with Crippen LogP contribution in [0.2, 0.25) is 0 Å². The van der Waals surface area contributed by atoms with E-state index >= 15 is 0 Å². The number of nitrogens with one attached hydrogen (secondary N) is 1. The number of aromatic nitrogens is 2. The molecule has 1 unspecified atom stereocenters.